The molecule has 4 rings (SSSR count). The molecule has 1 aromatic heterocycles. The van der Waals surface area contributed by atoms with Crippen molar-refractivity contribution >= 4 is 5.97 Å². The van der Waals surface area contributed by atoms with E-state index in [0.717, 1.165) is 31.2 Å². The molecule has 1 aromatic carbocycles. The first kappa shape index (κ1) is 14.4. The zero-order valence-electron chi connectivity index (χ0n) is 12.8. The van der Waals surface area contributed by atoms with Gasteiger partial charge in [0.05, 0.1) is 12.0 Å². The maximum Gasteiger partial charge on any atom is 0.309 e. The largest absolute Gasteiger partial charge is 0.460 e. The Morgan fingerprint density at radius 1 is 1.30 bits per heavy atom. The van der Waals surface area contributed by atoms with Crippen LogP contribution >= 0.6 is 0 Å². The van der Waals surface area contributed by atoms with Crippen LogP contribution in [0, 0.1) is 11.7 Å². The molecule has 4 nitrogen and oxygen atoms in total. The van der Waals surface area contributed by atoms with Gasteiger partial charge in [-0.3, -0.25) is 9.48 Å². The van der Waals surface area contributed by atoms with Gasteiger partial charge in [0.1, 0.15) is 11.9 Å². The highest BCUT2D eigenvalue weighted by Gasteiger charge is 2.47. The molecule has 1 heterocycles. The van der Waals surface area contributed by atoms with Crippen LogP contribution in [0.25, 0.3) is 0 Å². The Morgan fingerprint density at radius 2 is 2.22 bits per heavy atom. The maximum absolute atomic E-state index is 13.3. The van der Waals surface area contributed by atoms with Crippen LogP contribution in [-0.2, 0) is 9.53 Å². The van der Waals surface area contributed by atoms with Gasteiger partial charge in [-0.15, -0.1) is 0 Å². The van der Waals surface area contributed by atoms with Crippen LogP contribution in [-0.4, -0.2) is 21.9 Å². The molecule has 2 unspecified atom stereocenters. The molecule has 0 bridgehead atoms. The van der Waals surface area contributed by atoms with E-state index in [1.165, 1.54) is 12.1 Å². The summed E-state index contributed by atoms with van der Waals surface area (Å²) in [5.41, 5.74) is 0.891. The van der Waals surface area contributed by atoms with Gasteiger partial charge in [0, 0.05) is 12.4 Å². The lowest BCUT2D eigenvalue weighted by Crippen LogP contribution is -2.26. The summed E-state index contributed by atoms with van der Waals surface area (Å²) in [4.78, 5) is 12.4. The van der Waals surface area contributed by atoms with Crippen molar-refractivity contribution < 1.29 is 13.9 Å². The lowest BCUT2D eigenvalue weighted by atomic mass is 10.1. The normalized spacial score (nSPS) is 29.4. The first-order valence-electron chi connectivity index (χ1n) is 8.17. The lowest BCUT2D eigenvalue weighted by Gasteiger charge is -2.20. The molecule has 0 amide bonds. The van der Waals surface area contributed by atoms with Crippen molar-refractivity contribution in [2.45, 2.75) is 43.7 Å². The van der Waals surface area contributed by atoms with E-state index in [0.29, 0.717) is 0 Å². The predicted molar refractivity (Wildman–Crippen MR) is 82.2 cm³/mol. The SMILES string of the molecule is O=C(O[C@@H]1CCC[C@H]1n1cccn1)C1CC1c1cccc(F)c1. The standard InChI is InChI=1S/C18H19FN2O2/c19-13-5-1-4-12(10-13)14-11-15(14)18(22)23-17-7-2-6-16(17)21-9-3-8-20-21/h1,3-5,8-10,14-17H,2,6-7,11H2/t14?,15?,16-,17-/m1/s1. The fraction of sp³-hybridized carbons (Fsp3) is 0.444. The fourth-order valence-electron chi connectivity index (χ4n) is 3.62. The Balaban J connectivity index is 1.39. The molecular formula is C18H19FN2O2. The van der Waals surface area contributed by atoms with Gasteiger partial charge < -0.3 is 4.74 Å². The highest BCUT2D eigenvalue weighted by Crippen LogP contribution is 2.49. The van der Waals surface area contributed by atoms with Crippen molar-refractivity contribution in [1.29, 1.82) is 0 Å². The van der Waals surface area contributed by atoms with E-state index in [2.05, 4.69) is 5.10 Å². The topological polar surface area (TPSA) is 44.1 Å². The number of hydrogen-bond acceptors (Lipinski definition) is 3. The molecule has 2 saturated carbocycles. The molecule has 0 N–H and O–H groups in total. The van der Waals surface area contributed by atoms with Crippen LogP contribution in [0.1, 0.15) is 43.2 Å². The molecule has 0 aliphatic heterocycles. The molecule has 5 heteroatoms. The number of hydrogen-bond donors (Lipinski definition) is 0. The first-order valence-corrected chi connectivity index (χ1v) is 8.17. The molecule has 23 heavy (non-hydrogen) atoms. The molecule has 2 aliphatic carbocycles. The van der Waals surface area contributed by atoms with E-state index in [1.54, 1.807) is 12.3 Å². The second-order valence-electron chi connectivity index (χ2n) is 6.46. The van der Waals surface area contributed by atoms with Crippen LogP contribution in [0.2, 0.25) is 0 Å². The Kier molecular flexibility index (Phi) is 3.63. The number of carbonyl (C=O) groups is 1. The highest BCUT2D eigenvalue weighted by molar-refractivity contribution is 5.77. The van der Waals surface area contributed by atoms with Gasteiger partial charge in [-0.05, 0) is 55.4 Å². The minimum absolute atomic E-state index is 0.0998. The van der Waals surface area contributed by atoms with Crippen LogP contribution in [0.3, 0.4) is 0 Å². The molecule has 2 fully saturated rings. The maximum atomic E-state index is 13.3. The second-order valence-corrected chi connectivity index (χ2v) is 6.46. The van der Waals surface area contributed by atoms with E-state index in [1.807, 2.05) is 23.0 Å². The quantitative estimate of drug-likeness (QED) is 0.812. The van der Waals surface area contributed by atoms with Gasteiger partial charge in [0.2, 0.25) is 0 Å². The minimum atomic E-state index is -0.254. The molecule has 0 spiro atoms. The molecule has 2 aromatic rings. The third-order valence-electron chi connectivity index (χ3n) is 4.92. The fourth-order valence-corrected chi connectivity index (χ4v) is 3.62. The van der Waals surface area contributed by atoms with Gasteiger partial charge in [0.25, 0.3) is 0 Å². The average Bonchev–Trinajstić information content (AvgIpc) is 2.93. The van der Waals surface area contributed by atoms with Crippen LogP contribution < -0.4 is 0 Å². The predicted octanol–water partition coefficient (Wildman–Crippen LogP) is 3.46. The van der Waals surface area contributed by atoms with Crippen molar-refractivity contribution in [3.63, 3.8) is 0 Å². The van der Waals surface area contributed by atoms with Gasteiger partial charge in [-0.1, -0.05) is 12.1 Å². The summed E-state index contributed by atoms with van der Waals surface area (Å²) in [5, 5.41) is 4.27. The van der Waals surface area contributed by atoms with Gasteiger partial charge in [-0.25, -0.2) is 4.39 Å². The second kappa shape index (κ2) is 5.80. The van der Waals surface area contributed by atoms with E-state index < -0.39 is 0 Å². The molecule has 2 aliphatic rings. The number of esters is 1. The summed E-state index contributed by atoms with van der Waals surface area (Å²) in [6, 6.07) is 8.53. The van der Waals surface area contributed by atoms with Crippen LogP contribution in [0.5, 0.6) is 0 Å². The summed E-state index contributed by atoms with van der Waals surface area (Å²) >= 11 is 0. The van der Waals surface area contributed by atoms with Crippen molar-refractivity contribution in [2.24, 2.45) is 5.92 Å². The molecule has 0 radical (unpaired) electrons. The average molecular weight is 314 g/mol. The Bertz CT molecular complexity index is 701. The molecule has 120 valence electrons. The number of nitrogens with zero attached hydrogens (tertiary/aromatic N) is 2. The summed E-state index contributed by atoms with van der Waals surface area (Å²) in [5.74, 6) is -0.433. The van der Waals surface area contributed by atoms with E-state index >= 15 is 0 Å². The Hall–Kier alpha value is -2.17. The zero-order valence-corrected chi connectivity index (χ0v) is 12.8. The lowest BCUT2D eigenvalue weighted by molar-refractivity contribution is -0.152. The number of rotatable bonds is 4. The van der Waals surface area contributed by atoms with Crippen molar-refractivity contribution in [3.8, 4) is 0 Å². The monoisotopic (exact) mass is 314 g/mol. The number of benzene rings is 1. The van der Waals surface area contributed by atoms with Gasteiger partial charge >= 0.3 is 5.97 Å². The van der Waals surface area contributed by atoms with Gasteiger partial charge in [-0.2, -0.15) is 5.10 Å². The van der Waals surface area contributed by atoms with Crippen LogP contribution in [0.15, 0.2) is 42.7 Å². The smallest absolute Gasteiger partial charge is 0.309 e. The number of halogens is 1. The Morgan fingerprint density at radius 3 is 3.00 bits per heavy atom. The van der Waals surface area contributed by atoms with Gasteiger partial charge in [0.15, 0.2) is 0 Å². The zero-order chi connectivity index (χ0) is 15.8. The summed E-state index contributed by atoms with van der Waals surface area (Å²) in [6.07, 6.45) is 7.23. The number of carbonyl (C=O) groups excluding carboxylic acids is 1. The number of aromatic nitrogens is 2. The number of ether oxygens (including phenoxy) is 1. The third kappa shape index (κ3) is 2.87. The van der Waals surface area contributed by atoms with Crippen LogP contribution in [0.4, 0.5) is 4.39 Å². The first-order chi connectivity index (χ1) is 11.2. The minimum Gasteiger partial charge on any atom is -0.460 e. The molecule has 0 saturated heterocycles. The summed E-state index contributed by atoms with van der Waals surface area (Å²) in [6.45, 7) is 0. The molecule has 4 atom stereocenters. The van der Waals surface area contributed by atoms with Crippen molar-refractivity contribution in [3.05, 3.63) is 54.1 Å². The molecular weight excluding hydrogens is 295 g/mol. The highest BCUT2D eigenvalue weighted by atomic mass is 19.1. The Labute approximate surface area is 134 Å². The third-order valence-corrected chi connectivity index (χ3v) is 4.92. The summed E-state index contributed by atoms with van der Waals surface area (Å²) < 4.78 is 20.9. The summed E-state index contributed by atoms with van der Waals surface area (Å²) in [7, 11) is 0. The van der Waals surface area contributed by atoms with Crippen molar-refractivity contribution in [1.82, 2.24) is 9.78 Å². The van der Waals surface area contributed by atoms with E-state index in [-0.39, 0.29) is 35.8 Å². The van der Waals surface area contributed by atoms with E-state index in [9.17, 15) is 9.18 Å². The van der Waals surface area contributed by atoms with E-state index in [4.69, 9.17) is 4.74 Å². The van der Waals surface area contributed by atoms with Crippen molar-refractivity contribution in [2.75, 3.05) is 0 Å².